The first-order chi connectivity index (χ1) is 13.1. The van der Waals surface area contributed by atoms with Crippen LogP contribution in [0.4, 0.5) is 0 Å². The number of benzene rings is 1. The topological polar surface area (TPSA) is 94.5 Å². The average molecular weight is 365 g/mol. The maximum Gasteiger partial charge on any atom is 0.291 e. The molecule has 4 rings (SSSR count). The molecule has 0 bridgehead atoms. The summed E-state index contributed by atoms with van der Waals surface area (Å²) in [5.74, 6) is 1.37. The molecule has 3 aromatic heterocycles. The summed E-state index contributed by atoms with van der Waals surface area (Å²) in [5.41, 5.74) is 1.52. The molecule has 0 aliphatic rings. The van der Waals surface area contributed by atoms with Crippen molar-refractivity contribution in [1.82, 2.24) is 24.9 Å². The van der Waals surface area contributed by atoms with Crippen LogP contribution in [-0.2, 0) is 0 Å². The SMILES string of the molecule is CCOc1cccc2cc(C(C)NC(=O)c3nc4nccc(C)n4n3)oc12. The minimum atomic E-state index is -0.391. The molecule has 3 heterocycles. The van der Waals surface area contributed by atoms with E-state index in [4.69, 9.17) is 9.15 Å². The number of nitrogens with zero attached hydrogens (tertiary/aromatic N) is 4. The Morgan fingerprint density at radius 2 is 2.22 bits per heavy atom. The smallest absolute Gasteiger partial charge is 0.291 e. The second-order valence-electron chi connectivity index (χ2n) is 6.18. The van der Waals surface area contributed by atoms with Crippen molar-refractivity contribution < 1.29 is 13.9 Å². The molecule has 1 aromatic carbocycles. The van der Waals surface area contributed by atoms with Crippen molar-refractivity contribution in [1.29, 1.82) is 0 Å². The number of aryl methyl sites for hydroxylation is 1. The summed E-state index contributed by atoms with van der Waals surface area (Å²) in [6.07, 6.45) is 1.63. The molecule has 0 saturated carbocycles. The van der Waals surface area contributed by atoms with Gasteiger partial charge in [-0.05, 0) is 39.0 Å². The third-order valence-corrected chi connectivity index (χ3v) is 4.23. The number of furan rings is 1. The lowest BCUT2D eigenvalue weighted by molar-refractivity contribution is 0.0925. The Bertz CT molecular complexity index is 1130. The minimum absolute atomic E-state index is 0.0646. The Morgan fingerprint density at radius 1 is 1.37 bits per heavy atom. The third kappa shape index (κ3) is 3.10. The van der Waals surface area contributed by atoms with Gasteiger partial charge in [-0.15, -0.1) is 5.10 Å². The van der Waals surface area contributed by atoms with Crippen molar-refractivity contribution in [3.63, 3.8) is 0 Å². The Kier molecular flexibility index (Phi) is 4.23. The first kappa shape index (κ1) is 17.0. The number of hydrogen-bond donors (Lipinski definition) is 1. The quantitative estimate of drug-likeness (QED) is 0.584. The van der Waals surface area contributed by atoms with E-state index in [-0.39, 0.29) is 11.9 Å². The van der Waals surface area contributed by atoms with E-state index < -0.39 is 5.91 Å². The monoisotopic (exact) mass is 365 g/mol. The van der Waals surface area contributed by atoms with Crippen LogP contribution in [-0.4, -0.2) is 32.1 Å². The van der Waals surface area contributed by atoms with Gasteiger partial charge in [-0.3, -0.25) is 4.79 Å². The van der Waals surface area contributed by atoms with Crippen LogP contribution in [0.3, 0.4) is 0 Å². The Morgan fingerprint density at radius 3 is 3.00 bits per heavy atom. The average Bonchev–Trinajstić information content (AvgIpc) is 3.27. The highest BCUT2D eigenvalue weighted by atomic mass is 16.5. The standard InChI is InChI=1S/C19H19N5O3/c1-4-26-14-7-5-6-13-10-15(27-16(13)14)12(3)21-18(25)17-22-19-20-9-8-11(2)24(19)23-17/h5-10,12H,4H2,1-3H3,(H,21,25). The Hall–Kier alpha value is -3.42. The number of aromatic nitrogens is 4. The van der Waals surface area contributed by atoms with Gasteiger partial charge in [0.2, 0.25) is 5.82 Å². The highest BCUT2D eigenvalue weighted by molar-refractivity contribution is 5.91. The predicted octanol–water partition coefficient (Wildman–Crippen LogP) is 3.07. The summed E-state index contributed by atoms with van der Waals surface area (Å²) in [4.78, 5) is 20.8. The molecule has 0 spiro atoms. The van der Waals surface area contributed by atoms with E-state index >= 15 is 0 Å². The van der Waals surface area contributed by atoms with Gasteiger partial charge in [-0.1, -0.05) is 12.1 Å². The van der Waals surface area contributed by atoms with Crippen molar-refractivity contribution in [3.8, 4) is 5.75 Å². The molecule has 4 aromatic rings. The number of ether oxygens (including phenoxy) is 1. The van der Waals surface area contributed by atoms with Crippen LogP contribution in [0.2, 0.25) is 0 Å². The fourth-order valence-corrected chi connectivity index (χ4v) is 2.87. The lowest BCUT2D eigenvalue weighted by atomic mass is 10.2. The first-order valence-electron chi connectivity index (χ1n) is 8.71. The molecule has 1 amide bonds. The summed E-state index contributed by atoms with van der Waals surface area (Å²) < 4.78 is 13.1. The summed E-state index contributed by atoms with van der Waals surface area (Å²) >= 11 is 0. The van der Waals surface area contributed by atoms with Gasteiger partial charge in [0.05, 0.1) is 12.6 Å². The molecule has 0 radical (unpaired) electrons. The molecule has 0 aliphatic carbocycles. The van der Waals surface area contributed by atoms with Crippen LogP contribution in [0, 0.1) is 6.92 Å². The van der Waals surface area contributed by atoms with E-state index in [0.717, 1.165) is 11.1 Å². The zero-order valence-electron chi connectivity index (χ0n) is 15.3. The number of hydrogen-bond acceptors (Lipinski definition) is 6. The highest BCUT2D eigenvalue weighted by Gasteiger charge is 2.20. The molecule has 138 valence electrons. The van der Waals surface area contributed by atoms with Crippen molar-refractivity contribution in [3.05, 3.63) is 53.8 Å². The van der Waals surface area contributed by atoms with Crippen LogP contribution in [0.15, 0.2) is 40.9 Å². The molecule has 1 unspecified atom stereocenters. The Labute approximate surface area is 155 Å². The highest BCUT2D eigenvalue weighted by Crippen LogP contribution is 2.31. The van der Waals surface area contributed by atoms with E-state index in [1.165, 1.54) is 4.52 Å². The summed E-state index contributed by atoms with van der Waals surface area (Å²) in [6, 6.07) is 9.05. The summed E-state index contributed by atoms with van der Waals surface area (Å²) in [5, 5.41) is 8.01. The lowest BCUT2D eigenvalue weighted by Crippen LogP contribution is -2.27. The lowest BCUT2D eigenvalue weighted by Gasteiger charge is -2.09. The molecule has 1 atom stereocenters. The van der Waals surface area contributed by atoms with Crippen LogP contribution >= 0.6 is 0 Å². The number of para-hydroxylation sites is 1. The van der Waals surface area contributed by atoms with Gasteiger partial charge in [0, 0.05) is 17.3 Å². The zero-order chi connectivity index (χ0) is 19.0. The number of fused-ring (bicyclic) bond motifs is 2. The fourth-order valence-electron chi connectivity index (χ4n) is 2.87. The predicted molar refractivity (Wildman–Crippen MR) is 98.8 cm³/mol. The normalized spacial score (nSPS) is 12.4. The van der Waals surface area contributed by atoms with Crippen LogP contribution in [0.25, 0.3) is 16.7 Å². The van der Waals surface area contributed by atoms with Gasteiger partial charge in [-0.2, -0.15) is 4.98 Å². The van der Waals surface area contributed by atoms with Crippen molar-refractivity contribution in [2.45, 2.75) is 26.8 Å². The van der Waals surface area contributed by atoms with E-state index in [0.29, 0.717) is 29.5 Å². The van der Waals surface area contributed by atoms with Gasteiger partial charge >= 0.3 is 0 Å². The van der Waals surface area contributed by atoms with E-state index in [1.54, 1.807) is 12.3 Å². The molecule has 0 saturated heterocycles. The molecule has 8 heteroatoms. The van der Waals surface area contributed by atoms with Crippen molar-refractivity contribution in [2.24, 2.45) is 0 Å². The van der Waals surface area contributed by atoms with Crippen molar-refractivity contribution in [2.75, 3.05) is 6.61 Å². The van der Waals surface area contributed by atoms with Crippen LogP contribution < -0.4 is 10.1 Å². The maximum absolute atomic E-state index is 12.6. The number of nitrogens with one attached hydrogen (secondary N) is 1. The van der Waals surface area contributed by atoms with Crippen LogP contribution in [0.5, 0.6) is 5.75 Å². The van der Waals surface area contributed by atoms with E-state index in [2.05, 4.69) is 20.4 Å². The molecule has 1 N–H and O–H groups in total. The molecular weight excluding hydrogens is 346 g/mol. The van der Waals surface area contributed by atoms with Gasteiger partial charge < -0.3 is 14.5 Å². The molecule has 8 nitrogen and oxygen atoms in total. The largest absolute Gasteiger partial charge is 0.490 e. The Balaban J connectivity index is 1.58. The van der Waals surface area contributed by atoms with E-state index in [9.17, 15) is 4.79 Å². The summed E-state index contributed by atoms with van der Waals surface area (Å²) in [6.45, 7) is 6.19. The van der Waals surface area contributed by atoms with Gasteiger partial charge in [0.1, 0.15) is 5.76 Å². The maximum atomic E-state index is 12.6. The third-order valence-electron chi connectivity index (χ3n) is 4.23. The minimum Gasteiger partial charge on any atom is -0.490 e. The molecule has 27 heavy (non-hydrogen) atoms. The van der Waals surface area contributed by atoms with Crippen LogP contribution in [0.1, 0.15) is 42.0 Å². The number of carbonyl (C=O) groups excluding carboxylic acids is 1. The second-order valence-corrected chi connectivity index (χ2v) is 6.18. The fraction of sp³-hybridized carbons (Fsp3) is 0.263. The molecular formula is C19H19N5O3. The summed E-state index contributed by atoms with van der Waals surface area (Å²) in [7, 11) is 0. The van der Waals surface area contributed by atoms with Crippen molar-refractivity contribution >= 4 is 22.7 Å². The molecule has 0 fully saturated rings. The molecule has 0 aliphatic heterocycles. The van der Waals surface area contributed by atoms with Gasteiger partial charge in [0.25, 0.3) is 11.7 Å². The number of rotatable bonds is 5. The van der Waals surface area contributed by atoms with Gasteiger partial charge in [-0.25, -0.2) is 9.50 Å². The van der Waals surface area contributed by atoms with E-state index in [1.807, 2.05) is 45.0 Å². The number of amides is 1. The zero-order valence-corrected chi connectivity index (χ0v) is 15.3. The second kappa shape index (κ2) is 6.71. The number of carbonyl (C=O) groups is 1. The first-order valence-corrected chi connectivity index (χ1v) is 8.71. The van der Waals surface area contributed by atoms with Gasteiger partial charge in [0.15, 0.2) is 11.3 Å².